The predicted molar refractivity (Wildman–Crippen MR) is 143 cm³/mol. The minimum atomic E-state index is -4.76. The standard InChI is InChI=1S/C29H30F3N3O2S/c1-19(2)12-14-37-26-10-9-22(15-20(26)3)25-16-24(29(30,31)32)23(17-33)28(35-25)38-18-27(36)34-13-11-21-7-5-4-6-8-21/h4-10,15-16,19H,11-14,18H2,1-3H3,(H,34,36). The highest BCUT2D eigenvalue weighted by Crippen LogP contribution is 2.38. The number of carbonyl (C=O) groups is 1. The van der Waals surface area contributed by atoms with Crippen molar-refractivity contribution in [2.45, 2.75) is 44.8 Å². The Balaban J connectivity index is 1.79. The van der Waals surface area contributed by atoms with Crippen molar-refractivity contribution in [1.82, 2.24) is 10.3 Å². The van der Waals surface area contributed by atoms with Gasteiger partial charge in [0.25, 0.3) is 0 Å². The van der Waals surface area contributed by atoms with E-state index in [0.29, 0.717) is 36.8 Å². The Morgan fingerprint density at radius 1 is 1.16 bits per heavy atom. The van der Waals surface area contributed by atoms with Crippen LogP contribution in [0.25, 0.3) is 11.3 Å². The highest BCUT2D eigenvalue weighted by molar-refractivity contribution is 8.00. The second-order valence-electron chi connectivity index (χ2n) is 9.23. The lowest BCUT2D eigenvalue weighted by atomic mass is 10.0. The summed E-state index contributed by atoms with van der Waals surface area (Å²) in [4.78, 5) is 16.7. The number of nitrogens with zero attached hydrogens (tertiary/aromatic N) is 2. The molecule has 0 saturated heterocycles. The number of amides is 1. The van der Waals surface area contributed by atoms with E-state index in [1.54, 1.807) is 24.3 Å². The number of aryl methyl sites for hydroxylation is 1. The summed E-state index contributed by atoms with van der Waals surface area (Å²) in [6.45, 7) is 6.94. The third kappa shape index (κ3) is 8.25. The van der Waals surface area contributed by atoms with E-state index in [1.165, 1.54) is 0 Å². The Morgan fingerprint density at radius 3 is 2.53 bits per heavy atom. The van der Waals surface area contributed by atoms with E-state index in [-0.39, 0.29) is 22.4 Å². The summed E-state index contributed by atoms with van der Waals surface area (Å²) in [6, 6.07) is 17.2. The van der Waals surface area contributed by atoms with Crippen LogP contribution in [0, 0.1) is 24.2 Å². The smallest absolute Gasteiger partial charge is 0.417 e. The van der Waals surface area contributed by atoms with Crippen molar-refractivity contribution >= 4 is 17.7 Å². The van der Waals surface area contributed by atoms with Crippen molar-refractivity contribution in [3.8, 4) is 23.1 Å². The Morgan fingerprint density at radius 2 is 1.89 bits per heavy atom. The maximum Gasteiger partial charge on any atom is 0.417 e. The Hall–Kier alpha value is -3.51. The summed E-state index contributed by atoms with van der Waals surface area (Å²) in [7, 11) is 0. The fourth-order valence-corrected chi connectivity index (χ4v) is 4.49. The number of ether oxygens (including phenoxy) is 1. The van der Waals surface area contributed by atoms with Gasteiger partial charge < -0.3 is 10.1 Å². The van der Waals surface area contributed by atoms with E-state index in [9.17, 15) is 23.2 Å². The molecule has 200 valence electrons. The number of nitrogens with one attached hydrogen (secondary N) is 1. The van der Waals surface area contributed by atoms with Crippen LogP contribution >= 0.6 is 11.8 Å². The highest BCUT2D eigenvalue weighted by atomic mass is 32.2. The average molecular weight is 542 g/mol. The number of carbonyl (C=O) groups excluding carboxylic acids is 1. The maximum absolute atomic E-state index is 13.9. The van der Waals surface area contributed by atoms with Crippen LogP contribution < -0.4 is 10.1 Å². The molecule has 3 aromatic rings. The third-order valence-corrected chi connectivity index (χ3v) is 6.72. The first-order chi connectivity index (χ1) is 18.1. The van der Waals surface area contributed by atoms with Crippen LogP contribution in [0.4, 0.5) is 13.2 Å². The van der Waals surface area contributed by atoms with Crippen molar-refractivity contribution in [1.29, 1.82) is 5.26 Å². The van der Waals surface area contributed by atoms with Gasteiger partial charge in [-0.1, -0.05) is 55.9 Å². The van der Waals surface area contributed by atoms with Crippen LogP contribution in [0.1, 0.15) is 42.5 Å². The molecule has 1 N–H and O–H groups in total. The average Bonchev–Trinajstić information content (AvgIpc) is 2.87. The van der Waals surface area contributed by atoms with Gasteiger partial charge in [0.15, 0.2) is 0 Å². The molecule has 0 fully saturated rings. The molecule has 0 saturated carbocycles. The quantitative estimate of drug-likeness (QED) is 0.270. The molecule has 2 aromatic carbocycles. The highest BCUT2D eigenvalue weighted by Gasteiger charge is 2.36. The molecule has 1 amide bonds. The summed E-state index contributed by atoms with van der Waals surface area (Å²) in [5.74, 6) is 0.620. The zero-order valence-electron chi connectivity index (χ0n) is 21.6. The molecule has 38 heavy (non-hydrogen) atoms. The zero-order chi connectivity index (χ0) is 27.7. The fourth-order valence-electron chi connectivity index (χ4n) is 3.66. The number of hydrogen-bond donors (Lipinski definition) is 1. The lowest BCUT2D eigenvalue weighted by molar-refractivity contribution is -0.138. The number of hydrogen-bond acceptors (Lipinski definition) is 5. The predicted octanol–water partition coefficient (Wildman–Crippen LogP) is 6.82. The first-order valence-electron chi connectivity index (χ1n) is 12.3. The van der Waals surface area contributed by atoms with Gasteiger partial charge in [0.2, 0.25) is 5.91 Å². The molecule has 9 heteroatoms. The number of pyridine rings is 1. The second-order valence-corrected chi connectivity index (χ2v) is 10.2. The van der Waals surface area contributed by atoms with E-state index in [0.717, 1.165) is 35.4 Å². The monoisotopic (exact) mass is 541 g/mol. The minimum Gasteiger partial charge on any atom is -0.493 e. The van der Waals surface area contributed by atoms with Gasteiger partial charge in [-0.3, -0.25) is 4.79 Å². The molecule has 0 spiro atoms. The van der Waals surface area contributed by atoms with Crippen molar-refractivity contribution in [2.24, 2.45) is 5.92 Å². The summed E-state index contributed by atoms with van der Waals surface area (Å²) < 4.78 is 47.5. The van der Waals surface area contributed by atoms with E-state index in [1.807, 2.05) is 37.3 Å². The van der Waals surface area contributed by atoms with Gasteiger partial charge in [-0.25, -0.2) is 4.98 Å². The largest absolute Gasteiger partial charge is 0.493 e. The molecule has 0 aliphatic heterocycles. The minimum absolute atomic E-state index is 0.0696. The number of benzene rings is 2. The van der Waals surface area contributed by atoms with Crippen molar-refractivity contribution in [3.05, 3.63) is 76.9 Å². The number of thioether (sulfide) groups is 1. The van der Waals surface area contributed by atoms with Crippen LogP contribution in [0.5, 0.6) is 5.75 Å². The zero-order valence-corrected chi connectivity index (χ0v) is 22.4. The van der Waals surface area contributed by atoms with Gasteiger partial charge in [-0.05, 0) is 61.1 Å². The van der Waals surface area contributed by atoms with Crippen molar-refractivity contribution in [3.63, 3.8) is 0 Å². The molecular weight excluding hydrogens is 511 g/mol. The van der Waals surface area contributed by atoms with Gasteiger partial charge >= 0.3 is 6.18 Å². The van der Waals surface area contributed by atoms with E-state index >= 15 is 0 Å². The summed E-state index contributed by atoms with van der Waals surface area (Å²) in [6.07, 6.45) is -3.25. The molecule has 1 aromatic heterocycles. The van der Waals surface area contributed by atoms with E-state index < -0.39 is 17.3 Å². The molecule has 0 aliphatic rings. The van der Waals surface area contributed by atoms with Crippen LogP contribution in [-0.2, 0) is 17.4 Å². The molecular formula is C29H30F3N3O2S. The first kappa shape index (κ1) is 29.1. The summed E-state index contributed by atoms with van der Waals surface area (Å²) in [5, 5.41) is 12.2. The molecule has 0 radical (unpaired) electrons. The van der Waals surface area contributed by atoms with Gasteiger partial charge in [0, 0.05) is 12.1 Å². The molecule has 3 rings (SSSR count). The van der Waals surface area contributed by atoms with Crippen LogP contribution in [0.15, 0.2) is 59.6 Å². The third-order valence-electron chi connectivity index (χ3n) is 5.75. The lowest BCUT2D eigenvalue weighted by Crippen LogP contribution is -2.27. The van der Waals surface area contributed by atoms with Crippen LogP contribution in [-0.4, -0.2) is 29.8 Å². The van der Waals surface area contributed by atoms with Crippen molar-refractivity contribution in [2.75, 3.05) is 18.9 Å². The summed E-state index contributed by atoms with van der Waals surface area (Å²) >= 11 is 0.816. The van der Waals surface area contributed by atoms with Gasteiger partial charge in [0.05, 0.1) is 29.2 Å². The van der Waals surface area contributed by atoms with E-state index in [2.05, 4.69) is 24.1 Å². The van der Waals surface area contributed by atoms with Gasteiger partial charge in [0.1, 0.15) is 16.8 Å². The Labute approximate surface area is 225 Å². The number of halogens is 3. The number of rotatable bonds is 11. The fraction of sp³-hybridized carbons (Fsp3) is 0.345. The molecule has 0 bridgehead atoms. The molecule has 0 atom stereocenters. The first-order valence-corrected chi connectivity index (χ1v) is 13.3. The van der Waals surface area contributed by atoms with Crippen LogP contribution in [0.3, 0.4) is 0 Å². The van der Waals surface area contributed by atoms with Crippen molar-refractivity contribution < 1.29 is 22.7 Å². The Kier molecular flexibility index (Phi) is 10.2. The molecule has 1 heterocycles. The van der Waals surface area contributed by atoms with Gasteiger partial charge in [-0.2, -0.15) is 18.4 Å². The topological polar surface area (TPSA) is 75.0 Å². The van der Waals surface area contributed by atoms with Gasteiger partial charge in [-0.15, -0.1) is 0 Å². The van der Waals surface area contributed by atoms with Crippen LogP contribution in [0.2, 0.25) is 0 Å². The lowest BCUT2D eigenvalue weighted by Gasteiger charge is -2.15. The number of alkyl halides is 3. The second kappa shape index (κ2) is 13.3. The van der Waals surface area contributed by atoms with E-state index in [4.69, 9.17) is 4.74 Å². The number of aromatic nitrogens is 1. The normalized spacial score (nSPS) is 11.3. The molecule has 5 nitrogen and oxygen atoms in total. The summed E-state index contributed by atoms with van der Waals surface area (Å²) in [5.41, 5.74) is 0.685. The molecule has 0 aliphatic carbocycles. The SMILES string of the molecule is Cc1cc(-c2cc(C(F)(F)F)c(C#N)c(SCC(=O)NCCc3ccccc3)n2)ccc1OCCC(C)C. The maximum atomic E-state index is 13.9. The Bertz CT molecular complexity index is 1290. The molecule has 0 unspecified atom stereocenters. The number of nitriles is 1.